The lowest BCUT2D eigenvalue weighted by atomic mass is 9.70. The molecular formula is C38H47F3O8. The maximum Gasteiger partial charge on any atom is 0.416 e. The summed E-state index contributed by atoms with van der Waals surface area (Å²) in [5, 5.41) is 23.8. The second kappa shape index (κ2) is 14.0. The molecule has 1 aromatic rings. The molecule has 8 nitrogen and oxygen atoms in total. The van der Waals surface area contributed by atoms with Crippen LogP contribution < -0.4 is 4.74 Å². The second-order valence-electron chi connectivity index (χ2n) is 14.6. The number of esters is 1. The Morgan fingerprint density at radius 2 is 1.84 bits per heavy atom. The molecule has 2 N–H and O–H groups in total. The lowest BCUT2D eigenvalue weighted by molar-refractivity contribution is -0.332. The molecule has 49 heavy (non-hydrogen) atoms. The number of hydrogen-bond donors (Lipinski definition) is 2. The zero-order chi connectivity index (χ0) is 35.1. The van der Waals surface area contributed by atoms with E-state index in [9.17, 15) is 28.2 Å². The lowest BCUT2D eigenvalue weighted by Gasteiger charge is -2.49. The van der Waals surface area contributed by atoms with E-state index in [1.807, 2.05) is 19.1 Å². The summed E-state index contributed by atoms with van der Waals surface area (Å²) >= 11 is 0. The van der Waals surface area contributed by atoms with Crippen LogP contribution in [0.3, 0.4) is 0 Å². The number of hydrogen-bond acceptors (Lipinski definition) is 8. The molecule has 0 amide bonds. The molecule has 1 aromatic carbocycles. The fraction of sp³-hybridized carbons (Fsp3) is 0.605. The van der Waals surface area contributed by atoms with Crippen molar-refractivity contribution in [2.24, 2.45) is 17.8 Å². The molecule has 10 atom stereocenters. The van der Waals surface area contributed by atoms with Gasteiger partial charge < -0.3 is 33.9 Å². The van der Waals surface area contributed by atoms with Crippen molar-refractivity contribution in [1.29, 1.82) is 0 Å². The topological polar surface area (TPSA) is 104 Å². The van der Waals surface area contributed by atoms with Crippen LogP contribution >= 0.6 is 0 Å². The van der Waals surface area contributed by atoms with E-state index >= 15 is 0 Å². The third kappa shape index (κ3) is 7.56. The molecule has 2 bridgehead atoms. The summed E-state index contributed by atoms with van der Waals surface area (Å²) in [7, 11) is 0. The van der Waals surface area contributed by atoms with Gasteiger partial charge in [-0.25, -0.2) is 0 Å². The van der Waals surface area contributed by atoms with Crippen molar-refractivity contribution < 1.29 is 51.9 Å². The molecule has 7 unspecified atom stereocenters. The maximum atomic E-state index is 14.3. The van der Waals surface area contributed by atoms with E-state index in [1.165, 1.54) is 23.8 Å². The molecule has 4 aliphatic heterocycles. The van der Waals surface area contributed by atoms with Crippen LogP contribution in [0, 0.1) is 17.8 Å². The summed E-state index contributed by atoms with van der Waals surface area (Å²) in [4.78, 5) is 14.3. The SMILES string of the molecule is C/C1=C\CC2CC(CC3(CC[C@H](C)[C@@H](C)O3)O2)OC(=O)C2C=C(COc3ccc(C(F)(F)F)cc3)[C@@H](O)C3OC/C(=C\C=C\C(C)C1)C23O. The first-order valence-electron chi connectivity index (χ1n) is 17.3. The fourth-order valence-electron chi connectivity index (χ4n) is 7.80. The number of allylic oxidation sites excluding steroid dienone is 4. The van der Waals surface area contributed by atoms with Crippen molar-refractivity contribution in [3.05, 3.63) is 76.9 Å². The van der Waals surface area contributed by atoms with Gasteiger partial charge in [-0.15, -0.1) is 0 Å². The highest BCUT2D eigenvalue weighted by Crippen LogP contribution is 2.47. The summed E-state index contributed by atoms with van der Waals surface area (Å²) in [6.45, 7) is 8.12. The molecule has 3 saturated heterocycles. The second-order valence-corrected chi connectivity index (χ2v) is 14.6. The van der Waals surface area contributed by atoms with Gasteiger partial charge >= 0.3 is 12.1 Å². The van der Waals surface area contributed by atoms with Gasteiger partial charge in [0.25, 0.3) is 0 Å². The van der Waals surface area contributed by atoms with E-state index in [2.05, 4.69) is 26.8 Å². The predicted molar refractivity (Wildman–Crippen MR) is 174 cm³/mol. The van der Waals surface area contributed by atoms with Gasteiger partial charge in [0.15, 0.2) is 5.79 Å². The number of aliphatic hydroxyl groups excluding tert-OH is 1. The van der Waals surface area contributed by atoms with Gasteiger partial charge in [0.1, 0.15) is 42.2 Å². The molecule has 6 rings (SSSR count). The summed E-state index contributed by atoms with van der Waals surface area (Å²) in [5.41, 5.74) is -0.836. The van der Waals surface area contributed by atoms with E-state index in [0.29, 0.717) is 37.2 Å². The van der Waals surface area contributed by atoms with Crippen molar-refractivity contribution in [2.75, 3.05) is 13.2 Å². The summed E-state index contributed by atoms with van der Waals surface area (Å²) in [5.74, 6) is -2.14. The minimum Gasteiger partial charge on any atom is -0.489 e. The van der Waals surface area contributed by atoms with E-state index in [0.717, 1.165) is 25.0 Å². The van der Waals surface area contributed by atoms with Gasteiger partial charge in [0.2, 0.25) is 0 Å². The molecule has 5 aliphatic rings. The molecule has 3 fully saturated rings. The minimum absolute atomic E-state index is 0.0209. The summed E-state index contributed by atoms with van der Waals surface area (Å²) in [6.07, 6.45) is 5.19. The Morgan fingerprint density at radius 1 is 1.08 bits per heavy atom. The summed E-state index contributed by atoms with van der Waals surface area (Å²) in [6, 6.07) is 4.21. The third-order valence-corrected chi connectivity index (χ3v) is 10.8. The first kappa shape index (κ1) is 35.9. The van der Waals surface area contributed by atoms with Crippen molar-refractivity contribution in [3.8, 4) is 5.75 Å². The Kier molecular flexibility index (Phi) is 10.2. The van der Waals surface area contributed by atoms with Gasteiger partial charge in [-0.3, -0.25) is 4.79 Å². The largest absolute Gasteiger partial charge is 0.489 e. The highest BCUT2D eigenvalue weighted by molar-refractivity contribution is 5.78. The zero-order valence-corrected chi connectivity index (χ0v) is 28.4. The Balaban J connectivity index is 1.33. The van der Waals surface area contributed by atoms with Crippen LogP contribution in [0.15, 0.2) is 71.4 Å². The molecular weight excluding hydrogens is 641 g/mol. The van der Waals surface area contributed by atoms with E-state index in [-0.39, 0.29) is 42.7 Å². The highest BCUT2D eigenvalue weighted by atomic mass is 19.4. The Labute approximate surface area is 285 Å². The first-order chi connectivity index (χ1) is 23.2. The van der Waals surface area contributed by atoms with Crippen molar-refractivity contribution >= 4 is 5.97 Å². The highest BCUT2D eigenvalue weighted by Gasteiger charge is 2.60. The van der Waals surface area contributed by atoms with Crippen LogP contribution in [-0.2, 0) is 29.9 Å². The molecule has 0 aromatic heterocycles. The quantitative estimate of drug-likeness (QED) is 0.270. The number of rotatable bonds is 3. The van der Waals surface area contributed by atoms with Crippen LogP contribution in [0.5, 0.6) is 5.75 Å². The normalized spacial score (nSPS) is 41.4. The third-order valence-electron chi connectivity index (χ3n) is 10.8. The van der Waals surface area contributed by atoms with Crippen LogP contribution in [0.1, 0.15) is 71.8 Å². The molecule has 4 heterocycles. The van der Waals surface area contributed by atoms with Crippen molar-refractivity contribution in [3.63, 3.8) is 0 Å². The number of aliphatic hydroxyl groups is 2. The number of halogens is 3. The van der Waals surface area contributed by atoms with Crippen LogP contribution in [0.2, 0.25) is 0 Å². The smallest absolute Gasteiger partial charge is 0.416 e. The number of ether oxygens (including phenoxy) is 5. The Hall–Kier alpha value is -2.96. The number of benzene rings is 1. The fourth-order valence-corrected chi connectivity index (χ4v) is 7.80. The van der Waals surface area contributed by atoms with E-state index < -0.39 is 53.3 Å². The molecule has 1 aliphatic carbocycles. The average Bonchev–Trinajstić information content (AvgIpc) is 3.38. The van der Waals surface area contributed by atoms with Crippen LogP contribution in [-0.4, -0.2) is 71.3 Å². The average molecular weight is 689 g/mol. The van der Waals surface area contributed by atoms with E-state index in [1.54, 1.807) is 6.08 Å². The monoisotopic (exact) mass is 688 g/mol. The Morgan fingerprint density at radius 3 is 2.55 bits per heavy atom. The lowest BCUT2D eigenvalue weighted by Crippen LogP contribution is -2.58. The molecule has 0 radical (unpaired) electrons. The van der Waals surface area contributed by atoms with Gasteiger partial charge in [0.05, 0.1) is 24.4 Å². The molecule has 1 spiro atoms. The molecule has 268 valence electrons. The molecule has 11 heteroatoms. The van der Waals surface area contributed by atoms with Crippen molar-refractivity contribution in [2.45, 2.75) is 114 Å². The van der Waals surface area contributed by atoms with Gasteiger partial charge in [0, 0.05) is 19.3 Å². The minimum atomic E-state index is -4.49. The first-order valence-corrected chi connectivity index (χ1v) is 17.3. The molecule has 0 saturated carbocycles. The van der Waals surface area contributed by atoms with Gasteiger partial charge in [-0.1, -0.05) is 49.8 Å². The van der Waals surface area contributed by atoms with Gasteiger partial charge in [-0.05, 0) is 80.4 Å². The predicted octanol–water partition coefficient (Wildman–Crippen LogP) is 6.61. The van der Waals surface area contributed by atoms with Gasteiger partial charge in [-0.2, -0.15) is 13.2 Å². The van der Waals surface area contributed by atoms with E-state index in [4.69, 9.17) is 23.7 Å². The zero-order valence-electron chi connectivity index (χ0n) is 28.4. The standard InChI is InChI=1S/C38H47F3O8/c1-22-6-5-7-28-21-46-34-33(42)26(20-45-29-12-9-27(10-13-29)38(39,40)41)17-32(37(28,34)44)35(43)47-31-18-30(11-8-23(2)16-22)49-36(19-31)15-14-24(3)25(4)48-36/h5-10,12-13,17,22,24-25,30-34,42,44H,11,14-16,18-21H2,1-4H3/b6-5+,23-8+,28-7+/t22?,24-,25+,30?,31?,32?,33+,34?,36?,37?/m0/s1. The number of alkyl halides is 3. The van der Waals surface area contributed by atoms with Crippen LogP contribution in [0.4, 0.5) is 13.2 Å². The van der Waals surface area contributed by atoms with Crippen molar-refractivity contribution in [1.82, 2.24) is 0 Å². The number of fused-ring (bicyclic) bond motifs is 2. The number of carbonyl (C=O) groups is 1. The number of carbonyl (C=O) groups excluding carboxylic acids is 1. The summed E-state index contributed by atoms with van der Waals surface area (Å²) < 4.78 is 70.3. The van der Waals surface area contributed by atoms with Crippen LogP contribution in [0.25, 0.3) is 0 Å². The maximum absolute atomic E-state index is 14.3. The Bertz CT molecular complexity index is 1500.